The van der Waals surface area contributed by atoms with E-state index in [0.29, 0.717) is 16.5 Å². The molecule has 2 aromatic carbocycles. The molecule has 0 saturated heterocycles. The molecule has 0 atom stereocenters. The van der Waals surface area contributed by atoms with Crippen LogP contribution in [0.1, 0.15) is 33.2 Å². The molecule has 9 nitrogen and oxygen atoms in total. The number of imide groups is 1. The van der Waals surface area contributed by atoms with E-state index in [4.69, 9.17) is 0 Å². The molecular formula is C20H13N5O4S. The van der Waals surface area contributed by atoms with Gasteiger partial charge in [0.15, 0.2) is 5.82 Å². The Bertz CT molecular complexity index is 1250. The molecule has 0 bridgehead atoms. The predicted octanol–water partition coefficient (Wildman–Crippen LogP) is 3.56. The highest BCUT2D eigenvalue weighted by atomic mass is 32.2. The van der Waals surface area contributed by atoms with Crippen LogP contribution in [0.3, 0.4) is 0 Å². The smallest absolute Gasteiger partial charge is 0.268 e. The van der Waals surface area contributed by atoms with Crippen LogP contribution in [0.2, 0.25) is 0 Å². The summed E-state index contributed by atoms with van der Waals surface area (Å²) in [5.74, 6) is -0.741. The summed E-state index contributed by atoms with van der Waals surface area (Å²) in [5.41, 5.74) is 0.323. The normalized spacial score (nSPS) is 12.7. The third-order valence-corrected chi connectivity index (χ3v) is 5.36. The van der Waals surface area contributed by atoms with Gasteiger partial charge in [0.05, 0.1) is 21.7 Å². The summed E-state index contributed by atoms with van der Waals surface area (Å²) in [6, 6.07) is 14.4. The second-order valence-corrected chi connectivity index (χ2v) is 7.48. The number of nitro groups is 1. The Balaban J connectivity index is 1.94. The van der Waals surface area contributed by atoms with E-state index in [1.165, 1.54) is 28.6 Å². The van der Waals surface area contributed by atoms with Crippen LogP contribution >= 0.6 is 11.8 Å². The lowest BCUT2D eigenvalue weighted by Crippen LogP contribution is -2.32. The zero-order valence-corrected chi connectivity index (χ0v) is 16.4. The minimum absolute atomic E-state index is 0.0218. The van der Waals surface area contributed by atoms with Crippen molar-refractivity contribution in [2.45, 2.75) is 11.9 Å². The van der Waals surface area contributed by atoms with Gasteiger partial charge >= 0.3 is 0 Å². The summed E-state index contributed by atoms with van der Waals surface area (Å²) in [4.78, 5) is 37.5. The molecule has 0 fully saturated rings. The van der Waals surface area contributed by atoms with E-state index in [2.05, 4.69) is 11.2 Å². The van der Waals surface area contributed by atoms with Gasteiger partial charge in [-0.25, -0.2) is 9.58 Å². The Morgan fingerprint density at radius 1 is 1.13 bits per heavy atom. The molecule has 3 aromatic rings. The first-order valence-corrected chi connectivity index (χ1v) is 9.85. The van der Waals surface area contributed by atoms with Gasteiger partial charge in [-0.1, -0.05) is 25.1 Å². The van der Waals surface area contributed by atoms with E-state index >= 15 is 0 Å². The number of carbonyl (C=O) groups excluding carboxylic acids is 2. The van der Waals surface area contributed by atoms with E-state index in [1.807, 2.05) is 6.92 Å². The standard InChI is InChI=1S/C20H13N5O4S/c1-2-30-17-16(11-21)18(24(22-17)12-6-4-3-5-7-12)23-19(26)14-9-8-13(25(28)29)10-15(14)20(23)27/h3-10H,2H2,1H3. The minimum Gasteiger partial charge on any atom is -0.268 e. The average Bonchev–Trinajstić information content (AvgIpc) is 3.23. The number of benzene rings is 2. The molecule has 0 N–H and O–H groups in total. The van der Waals surface area contributed by atoms with Crippen LogP contribution in [-0.2, 0) is 0 Å². The van der Waals surface area contributed by atoms with E-state index in [1.54, 1.807) is 30.3 Å². The lowest BCUT2D eigenvalue weighted by molar-refractivity contribution is -0.384. The van der Waals surface area contributed by atoms with Gasteiger partial charge in [0.1, 0.15) is 16.7 Å². The van der Waals surface area contributed by atoms with Gasteiger partial charge in [-0.2, -0.15) is 10.4 Å². The molecule has 4 rings (SSSR count). The molecule has 1 aromatic heterocycles. The highest BCUT2D eigenvalue weighted by Crippen LogP contribution is 2.37. The summed E-state index contributed by atoms with van der Waals surface area (Å²) in [6.45, 7) is 1.90. The molecule has 1 aliphatic heterocycles. The number of hydrogen-bond donors (Lipinski definition) is 0. The first-order chi connectivity index (χ1) is 14.5. The summed E-state index contributed by atoms with van der Waals surface area (Å²) < 4.78 is 1.38. The number of hydrogen-bond acceptors (Lipinski definition) is 7. The number of fused-ring (bicyclic) bond motifs is 1. The number of carbonyl (C=O) groups is 2. The fraction of sp³-hybridized carbons (Fsp3) is 0.100. The molecule has 0 radical (unpaired) electrons. The van der Waals surface area contributed by atoms with E-state index in [0.717, 1.165) is 11.0 Å². The van der Waals surface area contributed by atoms with Crippen LogP contribution in [0.5, 0.6) is 0 Å². The van der Waals surface area contributed by atoms with Crippen molar-refractivity contribution in [2.24, 2.45) is 0 Å². The number of thioether (sulfide) groups is 1. The number of aromatic nitrogens is 2. The molecule has 148 valence electrons. The largest absolute Gasteiger partial charge is 0.270 e. The fourth-order valence-corrected chi connectivity index (χ4v) is 3.91. The van der Waals surface area contributed by atoms with Crippen LogP contribution < -0.4 is 4.90 Å². The number of nitrogens with zero attached hydrogens (tertiary/aromatic N) is 5. The third kappa shape index (κ3) is 2.92. The highest BCUT2D eigenvalue weighted by Gasteiger charge is 2.42. The van der Waals surface area contributed by atoms with Gasteiger partial charge in [-0.3, -0.25) is 19.7 Å². The van der Waals surface area contributed by atoms with Crippen molar-refractivity contribution in [3.8, 4) is 11.8 Å². The lowest BCUT2D eigenvalue weighted by Gasteiger charge is -2.16. The van der Waals surface area contributed by atoms with Crippen molar-refractivity contribution < 1.29 is 14.5 Å². The maximum absolute atomic E-state index is 13.1. The molecule has 2 amide bonds. The van der Waals surface area contributed by atoms with Gasteiger partial charge in [0.2, 0.25) is 0 Å². The topological polar surface area (TPSA) is 122 Å². The third-order valence-electron chi connectivity index (χ3n) is 4.52. The Hall–Kier alpha value is -3.97. The van der Waals surface area contributed by atoms with Crippen LogP contribution in [0.25, 0.3) is 5.69 Å². The van der Waals surface area contributed by atoms with E-state index < -0.39 is 16.7 Å². The summed E-state index contributed by atoms with van der Waals surface area (Å²) in [5, 5.41) is 25.7. The number of non-ortho nitro benzene ring substituents is 1. The molecule has 0 aliphatic carbocycles. The molecule has 0 saturated carbocycles. The maximum atomic E-state index is 13.1. The molecule has 0 unspecified atom stereocenters. The number of nitriles is 1. The van der Waals surface area contributed by atoms with Gasteiger partial charge in [0, 0.05) is 12.1 Å². The fourth-order valence-electron chi connectivity index (χ4n) is 3.22. The van der Waals surface area contributed by atoms with Gasteiger partial charge in [0.25, 0.3) is 17.5 Å². The van der Waals surface area contributed by atoms with Gasteiger partial charge in [-0.15, -0.1) is 11.8 Å². The van der Waals surface area contributed by atoms with Crippen LogP contribution in [-0.4, -0.2) is 32.3 Å². The average molecular weight is 419 g/mol. The van der Waals surface area contributed by atoms with Crippen molar-refractivity contribution in [2.75, 3.05) is 10.7 Å². The Kier molecular flexibility index (Phi) is 4.81. The summed E-state index contributed by atoms with van der Waals surface area (Å²) in [6.07, 6.45) is 0. The van der Waals surface area contributed by atoms with Crippen molar-refractivity contribution in [3.63, 3.8) is 0 Å². The van der Waals surface area contributed by atoms with Crippen molar-refractivity contribution in [1.29, 1.82) is 5.26 Å². The Morgan fingerprint density at radius 3 is 2.47 bits per heavy atom. The maximum Gasteiger partial charge on any atom is 0.270 e. The zero-order valence-electron chi connectivity index (χ0n) is 15.6. The van der Waals surface area contributed by atoms with Crippen LogP contribution in [0.15, 0.2) is 53.6 Å². The van der Waals surface area contributed by atoms with Crippen LogP contribution in [0.4, 0.5) is 11.5 Å². The lowest BCUT2D eigenvalue weighted by atomic mass is 10.1. The first kappa shape index (κ1) is 19.4. The number of amides is 2. The molecule has 1 aliphatic rings. The summed E-state index contributed by atoms with van der Waals surface area (Å²) >= 11 is 1.31. The monoisotopic (exact) mass is 419 g/mol. The van der Waals surface area contributed by atoms with E-state index in [-0.39, 0.29) is 28.2 Å². The molecule has 30 heavy (non-hydrogen) atoms. The predicted molar refractivity (Wildman–Crippen MR) is 109 cm³/mol. The first-order valence-electron chi connectivity index (χ1n) is 8.86. The Morgan fingerprint density at radius 2 is 1.83 bits per heavy atom. The number of para-hydroxylation sites is 1. The zero-order chi connectivity index (χ0) is 21.4. The van der Waals surface area contributed by atoms with Crippen molar-refractivity contribution in [1.82, 2.24) is 9.78 Å². The molecule has 10 heteroatoms. The van der Waals surface area contributed by atoms with Gasteiger partial charge in [-0.05, 0) is 24.0 Å². The van der Waals surface area contributed by atoms with E-state index in [9.17, 15) is 25.0 Å². The number of anilines is 1. The second-order valence-electron chi connectivity index (χ2n) is 6.23. The molecule has 2 heterocycles. The summed E-state index contributed by atoms with van der Waals surface area (Å²) in [7, 11) is 0. The number of rotatable bonds is 5. The molecular weight excluding hydrogens is 406 g/mol. The Labute approximate surface area is 174 Å². The van der Waals surface area contributed by atoms with Crippen LogP contribution in [0, 0.1) is 21.4 Å². The molecule has 0 spiro atoms. The van der Waals surface area contributed by atoms with Crippen molar-refractivity contribution in [3.05, 3.63) is 75.3 Å². The number of nitro benzene ring substituents is 1. The minimum atomic E-state index is -0.736. The van der Waals surface area contributed by atoms with Crippen molar-refractivity contribution >= 4 is 35.1 Å². The SMILES string of the molecule is CCSc1nn(-c2ccccc2)c(N2C(=O)c3ccc([N+](=O)[O-])cc3C2=O)c1C#N. The second kappa shape index (κ2) is 7.46. The highest BCUT2D eigenvalue weighted by molar-refractivity contribution is 7.99. The quantitative estimate of drug-likeness (QED) is 0.268. The van der Waals surface area contributed by atoms with Gasteiger partial charge < -0.3 is 0 Å².